The molecule has 1 heterocycles. The van der Waals surface area contributed by atoms with E-state index in [4.69, 9.17) is 4.74 Å². The highest BCUT2D eigenvalue weighted by molar-refractivity contribution is 8.00. The summed E-state index contributed by atoms with van der Waals surface area (Å²) >= 11 is 1.80. The van der Waals surface area contributed by atoms with Crippen molar-refractivity contribution in [3.63, 3.8) is 0 Å². The van der Waals surface area contributed by atoms with E-state index in [9.17, 15) is 0 Å². The molecule has 0 spiro atoms. The molecule has 1 aliphatic rings. The van der Waals surface area contributed by atoms with Gasteiger partial charge < -0.3 is 4.74 Å². The summed E-state index contributed by atoms with van der Waals surface area (Å²) in [5.41, 5.74) is 1.58. The zero-order valence-corrected chi connectivity index (χ0v) is 10.9. The third-order valence-electron chi connectivity index (χ3n) is 2.52. The minimum Gasteiger partial charge on any atom is -0.476 e. The van der Waals surface area contributed by atoms with Crippen LogP contribution in [-0.4, -0.2) is 4.93 Å². The first kappa shape index (κ1) is 10.9. The van der Waals surface area contributed by atoms with E-state index in [-0.39, 0.29) is 10.3 Å². The van der Waals surface area contributed by atoms with Crippen LogP contribution in [0.3, 0.4) is 0 Å². The lowest BCUT2D eigenvalue weighted by atomic mass is 9.87. The van der Waals surface area contributed by atoms with Gasteiger partial charge in [0.05, 0.1) is 4.90 Å². The van der Waals surface area contributed by atoms with Crippen molar-refractivity contribution in [2.75, 3.05) is 0 Å². The number of benzene rings is 1. The SMILES string of the molecule is CC1(C)Oc2ccc(C(C)(C)C)cc2S1. The molecule has 0 aromatic heterocycles. The summed E-state index contributed by atoms with van der Waals surface area (Å²) in [6.45, 7) is 10.9. The fourth-order valence-electron chi connectivity index (χ4n) is 1.69. The first-order chi connectivity index (χ1) is 6.78. The Morgan fingerprint density at radius 1 is 1.20 bits per heavy atom. The van der Waals surface area contributed by atoms with Gasteiger partial charge >= 0.3 is 0 Å². The number of rotatable bonds is 0. The summed E-state index contributed by atoms with van der Waals surface area (Å²) < 4.78 is 5.82. The van der Waals surface area contributed by atoms with Gasteiger partial charge in [0.1, 0.15) is 5.75 Å². The van der Waals surface area contributed by atoms with Crippen LogP contribution in [0, 0.1) is 0 Å². The lowest BCUT2D eigenvalue weighted by Crippen LogP contribution is -2.17. The van der Waals surface area contributed by atoms with Crippen LogP contribution >= 0.6 is 11.8 Å². The zero-order chi connectivity index (χ0) is 11.3. The summed E-state index contributed by atoms with van der Waals surface area (Å²) in [5, 5.41) is 0. The summed E-state index contributed by atoms with van der Waals surface area (Å²) in [6.07, 6.45) is 0. The van der Waals surface area contributed by atoms with Crippen molar-refractivity contribution in [1.29, 1.82) is 0 Å². The molecule has 15 heavy (non-hydrogen) atoms. The van der Waals surface area contributed by atoms with Gasteiger partial charge in [-0.1, -0.05) is 38.6 Å². The minimum atomic E-state index is -0.112. The van der Waals surface area contributed by atoms with Gasteiger partial charge in [-0.05, 0) is 37.0 Å². The standard InChI is InChI=1S/C13H18OS/c1-12(2,3)9-6-7-10-11(8-9)15-13(4,5)14-10/h6-8H,1-5H3. The van der Waals surface area contributed by atoms with Crippen LogP contribution in [0.25, 0.3) is 0 Å². The van der Waals surface area contributed by atoms with Gasteiger partial charge in [0.2, 0.25) is 0 Å². The van der Waals surface area contributed by atoms with E-state index in [1.54, 1.807) is 11.8 Å². The van der Waals surface area contributed by atoms with Crippen molar-refractivity contribution < 1.29 is 4.74 Å². The Hall–Kier alpha value is -0.630. The third-order valence-corrected chi connectivity index (χ3v) is 3.64. The predicted octanol–water partition coefficient (Wildman–Crippen LogP) is 4.20. The van der Waals surface area contributed by atoms with Crippen LogP contribution in [0.5, 0.6) is 5.75 Å². The van der Waals surface area contributed by atoms with E-state index in [1.807, 2.05) is 0 Å². The molecule has 1 aromatic carbocycles. The largest absolute Gasteiger partial charge is 0.476 e. The lowest BCUT2D eigenvalue weighted by molar-refractivity contribution is 0.215. The Labute approximate surface area is 96.2 Å². The molecule has 0 aliphatic carbocycles. The van der Waals surface area contributed by atoms with Crippen molar-refractivity contribution in [3.8, 4) is 5.75 Å². The maximum absolute atomic E-state index is 5.82. The van der Waals surface area contributed by atoms with Crippen molar-refractivity contribution in [2.24, 2.45) is 0 Å². The molecule has 1 nitrogen and oxygen atoms in total. The highest BCUT2D eigenvalue weighted by Gasteiger charge is 2.31. The first-order valence-electron chi connectivity index (χ1n) is 5.30. The minimum absolute atomic E-state index is 0.112. The number of thioether (sulfide) groups is 1. The topological polar surface area (TPSA) is 9.23 Å². The molecule has 0 bridgehead atoms. The zero-order valence-electron chi connectivity index (χ0n) is 10.0. The van der Waals surface area contributed by atoms with E-state index in [0.717, 1.165) is 5.75 Å². The monoisotopic (exact) mass is 222 g/mol. The van der Waals surface area contributed by atoms with Crippen LogP contribution in [0.4, 0.5) is 0 Å². The van der Waals surface area contributed by atoms with Crippen LogP contribution in [0.2, 0.25) is 0 Å². The average Bonchev–Trinajstić information content (AvgIpc) is 2.34. The normalized spacial score (nSPS) is 18.5. The van der Waals surface area contributed by atoms with E-state index in [0.29, 0.717) is 0 Å². The number of fused-ring (bicyclic) bond motifs is 1. The van der Waals surface area contributed by atoms with Gasteiger partial charge in [0.15, 0.2) is 4.93 Å². The van der Waals surface area contributed by atoms with Crippen LogP contribution in [-0.2, 0) is 5.41 Å². The van der Waals surface area contributed by atoms with Crippen molar-refractivity contribution >= 4 is 11.8 Å². The summed E-state index contributed by atoms with van der Waals surface area (Å²) in [6, 6.07) is 6.52. The Morgan fingerprint density at radius 3 is 2.47 bits per heavy atom. The molecule has 82 valence electrons. The fraction of sp³-hybridized carbons (Fsp3) is 0.538. The molecule has 2 rings (SSSR count). The number of hydrogen-bond acceptors (Lipinski definition) is 2. The van der Waals surface area contributed by atoms with E-state index in [2.05, 4.69) is 52.8 Å². The molecule has 0 saturated heterocycles. The van der Waals surface area contributed by atoms with E-state index >= 15 is 0 Å². The van der Waals surface area contributed by atoms with Crippen molar-refractivity contribution in [2.45, 2.75) is 49.9 Å². The van der Waals surface area contributed by atoms with E-state index < -0.39 is 0 Å². The second-order valence-electron chi connectivity index (χ2n) is 5.52. The lowest BCUT2D eigenvalue weighted by Gasteiger charge is -2.19. The van der Waals surface area contributed by atoms with Gasteiger partial charge in [-0.15, -0.1) is 0 Å². The van der Waals surface area contributed by atoms with E-state index in [1.165, 1.54) is 10.5 Å². The van der Waals surface area contributed by atoms with Gasteiger partial charge in [0.25, 0.3) is 0 Å². The predicted molar refractivity (Wildman–Crippen MR) is 65.7 cm³/mol. The van der Waals surface area contributed by atoms with Gasteiger partial charge in [0, 0.05) is 0 Å². The fourth-order valence-corrected chi connectivity index (χ4v) is 2.75. The Balaban J connectivity index is 2.39. The molecule has 0 unspecified atom stereocenters. The molecule has 1 aliphatic heterocycles. The molecular formula is C13H18OS. The van der Waals surface area contributed by atoms with Crippen LogP contribution in [0.15, 0.2) is 23.1 Å². The first-order valence-corrected chi connectivity index (χ1v) is 6.12. The van der Waals surface area contributed by atoms with Crippen molar-refractivity contribution in [3.05, 3.63) is 23.8 Å². The maximum atomic E-state index is 5.82. The van der Waals surface area contributed by atoms with Gasteiger partial charge in [-0.25, -0.2) is 0 Å². The number of hydrogen-bond donors (Lipinski definition) is 0. The summed E-state index contributed by atoms with van der Waals surface area (Å²) in [4.78, 5) is 1.16. The smallest absolute Gasteiger partial charge is 0.153 e. The summed E-state index contributed by atoms with van der Waals surface area (Å²) in [7, 11) is 0. The Bertz CT molecular complexity index is 388. The van der Waals surface area contributed by atoms with Gasteiger partial charge in [-0.2, -0.15) is 0 Å². The Kier molecular flexibility index (Phi) is 2.30. The molecular weight excluding hydrogens is 204 g/mol. The maximum Gasteiger partial charge on any atom is 0.153 e. The molecule has 0 fully saturated rings. The van der Waals surface area contributed by atoms with Crippen molar-refractivity contribution in [1.82, 2.24) is 0 Å². The Morgan fingerprint density at radius 2 is 1.87 bits per heavy atom. The number of ether oxygens (including phenoxy) is 1. The molecule has 0 radical (unpaired) electrons. The molecule has 0 N–H and O–H groups in total. The molecule has 0 saturated carbocycles. The highest BCUT2D eigenvalue weighted by Crippen LogP contribution is 2.48. The third kappa shape index (κ3) is 2.15. The quantitative estimate of drug-likeness (QED) is 0.650. The van der Waals surface area contributed by atoms with Gasteiger partial charge in [-0.3, -0.25) is 0 Å². The molecule has 0 atom stereocenters. The van der Waals surface area contributed by atoms with Crippen LogP contribution in [0.1, 0.15) is 40.2 Å². The second kappa shape index (κ2) is 3.18. The van der Waals surface area contributed by atoms with Crippen LogP contribution < -0.4 is 4.74 Å². The second-order valence-corrected chi connectivity index (χ2v) is 7.14. The molecule has 1 aromatic rings. The highest BCUT2D eigenvalue weighted by atomic mass is 32.2. The average molecular weight is 222 g/mol. The molecule has 2 heteroatoms. The molecule has 0 amide bonds. The summed E-state index contributed by atoms with van der Waals surface area (Å²) in [5.74, 6) is 1.03.